The van der Waals surface area contributed by atoms with E-state index in [9.17, 15) is 0 Å². The van der Waals surface area contributed by atoms with Crippen molar-refractivity contribution in [1.29, 1.82) is 0 Å². The lowest BCUT2D eigenvalue weighted by Gasteiger charge is -2.21. The molecule has 0 aliphatic heterocycles. The molecule has 4 heteroatoms. The van der Waals surface area contributed by atoms with Crippen molar-refractivity contribution in [3.8, 4) is 5.75 Å². The summed E-state index contributed by atoms with van der Waals surface area (Å²) in [6.07, 6.45) is 4.90. The standard InChI is InChI=1S/C17H23N3O/c1-3-8-20-17(15(21-2)11-19-20)16(18)14-9-12-6-4-5-7-13(12)10-14/h4-7,11,14,16H,3,8-10,18H2,1-2H3. The third-order valence-electron chi connectivity index (χ3n) is 4.41. The molecular formula is C17H23N3O. The Morgan fingerprint density at radius 1 is 1.33 bits per heavy atom. The highest BCUT2D eigenvalue weighted by Crippen LogP contribution is 2.36. The van der Waals surface area contributed by atoms with Crippen LogP contribution in [-0.2, 0) is 19.4 Å². The second kappa shape index (κ2) is 5.90. The van der Waals surface area contributed by atoms with Crippen LogP contribution in [0.1, 0.15) is 36.2 Å². The monoisotopic (exact) mass is 285 g/mol. The molecule has 4 nitrogen and oxygen atoms in total. The molecule has 21 heavy (non-hydrogen) atoms. The van der Waals surface area contributed by atoms with Crippen LogP contribution in [0.15, 0.2) is 30.5 Å². The van der Waals surface area contributed by atoms with E-state index in [0.717, 1.165) is 37.3 Å². The summed E-state index contributed by atoms with van der Waals surface area (Å²) in [5.74, 6) is 1.23. The number of nitrogens with zero attached hydrogens (tertiary/aromatic N) is 2. The lowest BCUT2D eigenvalue weighted by atomic mass is 9.94. The molecule has 1 unspecified atom stereocenters. The fourth-order valence-corrected chi connectivity index (χ4v) is 3.33. The maximum Gasteiger partial charge on any atom is 0.161 e. The average molecular weight is 285 g/mol. The number of hydrogen-bond donors (Lipinski definition) is 1. The van der Waals surface area contributed by atoms with Gasteiger partial charge < -0.3 is 10.5 Å². The van der Waals surface area contributed by atoms with E-state index in [2.05, 4.69) is 36.3 Å². The van der Waals surface area contributed by atoms with Gasteiger partial charge in [0.05, 0.1) is 25.0 Å². The highest BCUT2D eigenvalue weighted by molar-refractivity contribution is 5.35. The van der Waals surface area contributed by atoms with Crippen molar-refractivity contribution in [3.05, 3.63) is 47.3 Å². The summed E-state index contributed by atoms with van der Waals surface area (Å²) < 4.78 is 7.47. The van der Waals surface area contributed by atoms with Crippen molar-refractivity contribution in [3.63, 3.8) is 0 Å². The van der Waals surface area contributed by atoms with Crippen molar-refractivity contribution in [1.82, 2.24) is 9.78 Å². The van der Waals surface area contributed by atoms with Crippen molar-refractivity contribution in [2.24, 2.45) is 11.7 Å². The summed E-state index contributed by atoms with van der Waals surface area (Å²) in [5.41, 5.74) is 10.5. The first-order valence-electron chi connectivity index (χ1n) is 7.66. The second-order valence-electron chi connectivity index (χ2n) is 5.78. The molecule has 2 N–H and O–H groups in total. The van der Waals surface area contributed by atoms with E-state index in [1.54, 1.807) is 13.3 Å². The molecule has 0 radical (unpaired) electrons. The molecule has 3 rings (SSSR count). The summed E-state index contributed by atoms with van der Waals surface area (Å²) in [5, 5.41) is 4.43. The maximum atomic E-state index is 6.59. The van der Waals surface area contributed by atoms with Gasteiger partial charge in [-0.2, -0.15) is 5.10 Å². The lowest BCUT2D eigenvalue weighted by Crippen LogP contribution is -2.25. The van der Waals surface area contributed by atoms with Gasteiger partial charge in [-0.15, -0.1) is 0 Å². The van der Waals surface area contributed by atoms with Crippen molar-refractivity contribution < 1.29 is 4.74 Å². The molecule has 0 bridgehead atoms. The predicted molar refractivity (Wildman–Crippen MR) is 83.3 cm³/mol. The number of fused-ring (bicyclic) bond motifs is 1. The highest BCUT2D eigenvalue weighted by Gasteiger charge is 2.31. The van der Waals surface area contributed by atoms with Crippen LogP contribution in [0, 0.1) is 5.92 Å². The first-order valence-corrected chi connectivity index (χ1v) is 7.66. The molecule has 1 aliphatic carbocycles. The van der Waals surface area contributed by atoms with Gasteiger partial charge in [0.15, 0.2) is 5.75 Å². The molecule has 112 valence electrons. The summed E-state index contributed by atoms with van der Waals surface area (Å²) in [4.78, 5) is 0. The topological polar surface area (TPSA) is 53.1 Å². The van der Waals surface area contributed by atoms with Crippen LogP contribution in [0.3, 0.4) is 0 Å². The third-order valence-corrected chi connectivity index (χ3v) is 4.41. The Hall–Kier alpha value is -1.81. The summed E-state index contributed by atoms with van der Waals surface area (Å²) >= 11 is 0. The number of aromatic nitrogens is 2. The number of ether oxygens (including phenoxy) is 1. The van der Waals surface area contributed by atoms with Crippen molar-refractivity contribution >= 4 is 0 Å². The molecule has 1 atom stereocenters. The molecule has 1 heterocycles. The van der Waals surface area contributed by atoms with Gasteiger partial charge in [0.25, 0.3) is 0 Å². The van der Waals surface area contributed by atoms with E-state index in [1.807, 2.05) is 4.68 Å². The Kier molecular flexibility index (Phi) is 3.97. The van der Waals surface area contributed by atoms with E-state index in [1.165, 1.54) is 11.1 Å². The fourth-order valence-electron chi connectivity index (χ4n) is 3.33. The lowest BCUT2D eigenvalue weighted by molar-refractivity contribution is 0.372. The Bertz CT molecular complexity index is 595. The number of nitrogens with two attached hydrogens (primary N) is 1. The first-order chi connectivity index (χ1) is 10.2. The van der Waals surface area contributed by atoms with Crippen molar-refractivity contribution in [2.45, 2.75) is 38.8 Å². The third kappa shape index (κ3) is 2.56. The molecular weight excluding hydrogens is 262 g/mol. The van der Waals surface area contributed by atoms with Gasteiger partial charge in [-0.05, 0) is 36.3 Å². The Balaban J connectivity index is 1.86. The largest absolute Gasteiger partial charge is 0.493 e. The van der Waals surface area contributed by atoms with Gasteiger partial charge >= 0.3 is 0 Å². The molecule has 2 aromatic rings. The predicted octanol–water partition coefficient (Wildman–Crippen LogP) is 2.72. The first kappa shape index (κ1) is 14.1. The van der Waals surface area contributed by atoms with E-state index < -0.39 is 0 Å². The minimum Gasteiger partial charge on any atom is -0.493 e. The summed E-state index contributed by atoms with van der Waals surface area (Å²) in [6, 6.07) is 8.59. The van der Waals surface area contributed by atoms with E-state index in [-0.39, 0.29) is 6.04 Å². The maximum absolute atomic E-state index is 6.59. The molecule has 0 spiro atoms. The normalized spacial score (nSPS) is 16.0. The van der Waals surface area contributed by atoms with E-state index in [0.29, 0.717) is 5.92 Å². The minimum absolute atomic E-state index is 0.0404. The highest BCUT2D eigenvalue weighted by atomic mass is 16.5. The van der Waals surface area contributed by atoms with E-state index in [4.69, 9.17) is 10.5 Å². The molecule has 1 aromatic carbocycles. The molecule has 0 saturated carbocycles. The zero-order valence-corrected chi connectivity index (χ0v) is 12.7. The minimum atomic E-state index is -0.0404. The zero-order valence-electron chi connectivity index (χ0n) is 12.7. The van der Waals surface area contributed by atoms with Gasteiger partial charge in [0.1, 0.15) is 0 Å². The molecule has 0 amide bonds. The van der Waals surface area contributed by atoms with Crippen LogP contribution in [0.25, 0.3) is 0 Å². The van der Waals surface area contributed by atoms with Gasteiger partial charge in [-0.25, -0.2) is 0 Å². The van der Waals surface area contributed by atoms with Crippen LogP contribution in [0.4, 0.5) is 0 Å². The Morgan fingerprint density at radius 2 is 2.00 bits per heavy atom. The molecule has 1 aliphatic rings. The fraction of sp³-hybridized carbons (Fsp3) is 0.471. The average Bonchev–Trinajstić information content (AvgIpc) is 3.10. The number of aryl methyl sites for hydroxylation is 1. The van der Waals surface area contributed by atoms with Crippen LogP contribution < -0.4 is 10.5 Å². The molecule has 1 aromatic heterocycles. The number of hydrogen-bond acceptors (Lipinski definition) is 3. The summed E-state index contributed by atoms with van der Waals surface area (Å²) in [6.45, 7) is 3.03. The SMILES string of the molecule is CCCn1ncc(OC)c1C(N)C1Cc2ccccc2C1. The Labute approximate surface area is 125 Å². The number of methoxy groups -OCH3 is 1. The van der Waals surface area contributed by atoms with Gasteiger partial charge in [-0.1, -0.05) is 31.2 Å². The van der Waals surface area contributed by atoms with Crippen LogP contribution in [-0.4, -0.2) is 16.9 Å². The van der Waals surface area contributed by atoms with Gasteiger partial charge in [0.2, 0.25) is 0 Å². The van der Waals surface area contributed by atoms with Crippen molar-refractivity contribution in [2.75, 3.05) is 7.11 Å². The van der Waals surface area contributed by atoms with Crippen LogP contribution in [0.5, 0.6) is 5.75 Å². The number of benzene rings is 1. The quantitative estimate of drug-likeness (QED) is 0.919. The van der Waals surface area contributed by atoms with Crippen LogP contribution >= 0.6 is 0 Å². The molecule has 0 fully saturated rings. The van der Waals surface area contributed by atoms with E-state index >= 15 is 0 Å². The summed E-state index contributed by atoms with van der Waals surface area (Å²) in [7, 11) is 1.69. The van der Waals surface area contributed by atoms with Crippen LogP contribution in [0.2, 0.25) is 0 Å². The molecule has 0 saturated heterocycles. The van der Waals surface area contributed by atoms with Gasteiger partial charge in [-0.3, -0.25) is 4.68 Å². The van der Waals surface area contributed by atoms with Gasteiger partial charge in [0, 0.05) is 6.54 Å². The smallest absolute Gasteiger partial charge is 0.161 e. The second-order valence-corrected chi connectivity index (χ2v) is 5.78. The Morgan fingerprint density at radius 3 is 2.57 bits per heavy atom. The number of rotatable bonds is 5. The zero-order chi connectivity index (χ0) is 14.8.